The van der Waals surface area contributed by atoms with E-state index in [1.807, 2.05) is 6.07 Å². The number of carbonyl (C=O) groups is 1. The third kappa shape index (κ3) is 4.24. The van der Waals surface area contributed by atoms with E-state index in [1.165, 1.54) is 20.3 Å². The molecule has 4 rings (SSSR count). The number of anilines is 3. The molecule has 0 spiro atoms. The summed E-state index contributed by atoms with van der Waals surface area (Å²) in [5.74, 6) is 0.684. The smallest absolute Gasteiger partial charge is 0.373 e. The van der Waals surface area contributed by atoms with Gasteiger partial charge in [0.05, 0.1) is 19.9 Å². The lowest BCUT2D eigenvalue weighted by atomic mass is 9.94. The zero-order valence-corrected chi connectivity index (χ0v) is 19.2. The molecule has 0 radical (unpaired) electrons. The summed E-state index contributed by atoms with van der Waals surface area (Å²) in [5, 5.41) is 24.0. The topological polar surface area (TPSA) is 207 Å². The van der Waals surface area contributed by atoms with E-state index >= 15 is 0 Å². The molecule has 36 heavy (non-hydrogen) atoms. The standard InChI is InChI=1S/C23H20N8O5/c1-33-14-5-3-4-12(19(14)35-9-11-6-7-15(36-11)22(32)34-2)18-16-17(26)13(8-24)20(27)30-21(16)31-23(29-18)28-10-25/h3-7,18H,9H2,1-2H3,(H6,26,27,28,29,30,31). The van der Waals surface area contributed by atoms with E-state index in [2.05, 4.69) is 25.3 Å². The first-order valence-electron chi connectivity index (χ1n) is 10.4. The van der Waals surface area contributed by atoms with Gasteiger partial charge in [0.15, 0.2) is 17.7 Å². The Morgan fingerprint density at radius 1 is 1.25 bits per heavy atom. The summed E-state index contributed by atoms with van der Waals surface area (Å²) >= 11 is 0. The van der Waals surface area contributed by atoms with Crippen LogP contribution in [0.4, 0.5) is 17.3 Å². The Balaban J connectivity index is 1.81. The maximum absolute atomic E-state index is 11.7. The molecular formula is C23H20N8O5. The molecule has 0 saturated carbocycles. The van der Waals surface area contributed by atoms with Gasteiger partial charge in [0, 0.05) is 11.1 Å². The molecule has 3 heterocycles. The molecule has 0 fully saturated rings. The van der Waals surface area contributed by atoms with Crippen LogP contribution >= 0.6 is 0 Å². The van der Waals surface area contributed by atoms with E-state index in [9.17, 15) is 10.1 Å². The van der Waals surface area contributed by atoms with Crippen molar-refractivity contribution in [3.05, 3.63) is 58.5 Å². The number of esters is 1. The zero-order chi connectivity index (χ0) is 25.8. The highest BCUT2D eigenvalue weighted by atomic mass is 16.5. The average molecular weight is 488 g/mol. The van der Waals surface area contributed by atoms with Crippen molar-refractivity contribution in [2.75, 3.05) is 31.0 Å². The molecule has 0 saturated heterocycles. The summed E-state index contributed by atoms with van der Waals surface area (Å²) in [6.45, 7) is -0.0614. The molecule has 1 aliphatic rings. The second-order valence-electron chi connectivity index (χ2n) is 7.33. The van der Waals surface area contributed by atoms with Crippen LogP contribution in [0.15, 0.2) is 39.7 Å². The van der Waals surface area contributed by atoms with Crippen molar-refractivity contribution < 1.29 is 23.4 Å². The summed E-state index contributed by atoms with van der Waals surface area (Å²) < 4.78 is 21.7. The minimum Gasteiger partial charge on any atom is -0.493 e. The third-order valence-corrected chi connectivity index (χ3v) is 5.29. The number of hydrogen-bond donors (Lipinski definition) is 4. The van der Waals surface area contributed by atoms with Crippen molar-refractivity contribution in [1.82, 2.24) is 10.3 Å². The number of nitrogen functional groups attached to an aromatic ring is 2. The Bertz CT molecular complexity index is 1450. The van der Waals surface area contributed by atoms with Gasteiger partial charge >= 0.3 is 5.97 Å². The van der Waals surface area contributed by atoms with Crippen LogP contribution in [0.5, 0.6) is 11.5 Å². The van der Waals surface area contributed by atoms with Gasteiger partial charge in [0.1, 0.15) is 41.7 Å². The second kappa shape index (κ2) is 9.82. The number of nitriles is 2. The SMILES string of the molecule is COC(=O)c1ccc(COc2c(OC)cccc2C2N=C(NC#N)Nc3nc(N)c(C#N)c(N)c32)o1. The number of carbonyl (C=O) groups excluding carboxylic acids is 1. The summed E-state index contributed by atoms with van der Waals surface area (Å²) in [4.78, 5) is 20.5. The zero-order valence-electron chi connectivity index (χ0n) is 19.2. The molecule has 13 heteroatoms. The van der Waals surface area contributed by atoms with Gasteiger partial charge in [-0.1, -0.05) is 12.1 Å². The lowest BCUT2D eigenvalue weighted by Crippen LogP contribution is -2.33. The number of guanidine groups is 1. The first-order chi connectivity index (χ1) is 17.4. The lowest BCUT2D eigenvalue weighted by Gasteiger charge is -2.27. The van der Waals surface area contributed by atoms with Gasteiger partial charge in [0.25, 0.3) is 0 Å². The normalized spacial score (nSPS) is 13.8. The summed E-state index contributed by atoms with van der Waals surface area (Å²) in [5.41, 5.74) is 13.2. The number of hydrogen-bond acceptors (Lipinski definition) is 13. The lowest BCUT2D eigenvalue weighted by molar-refractivity contribution is 0.0561. The number of para-hydroxylation sites is 1. The molecule has 13 nitrogen and oxygen atoms in total. The largest absolute Gasteiger partial charge is 0.493 e. The third-order valence-electron chi connectivity index (χ3n) is 5.29. The molecule has 0 aliphatic carbocycles. The molecule has 1 atom stereocenters. The van der Waals surface area contributed by atoms with Crippen LogP contribution in [0.1, 0.15) is 39.0 Å². The predicted octanol–water partition coefficient (Wildman–Crippen LogP) is 2.03. The van der Waals surface area contributed by atoms with E-state index in [-0.39, 0.29) is 41.2 Å². The number of ether oxygens (including phenoxy) is 3. The van der Waals surface area contributed by atoms with E-state index in [4.69, 9.17) is 30.6 Å². The fraction of sp³-hybridized carbons (Fsp3) is 0.174. The summed E-state index contributed by atoms with van der Waals surface area (Å²) in [6, 6.07) is 9.30. The van der Waals surface area contributed by atoms with Gasteiger partial charge < -0.3 is 35.4 Å². The van der Waals surface area contributed by atoms with Gasteiger partial charge in [-0.15, -0.1) is 0 Å². The van der Waals surface area contributed by atoms with Gasteiger partial charge in [-0.2, -0.15) is 10.5 Å². The van der Waals surface area contributed by atoms with Crippen LogP contribution in [0, 0.1) is 22.8 Å². The Kier molecular flexibility index (Phi) is 6.47. The molecule has 0 bridgehead atoms. The van der Waals surface area contributed by atoms with E-state index in [0.29, 0.717) is 28.4 Å². The molecule has 0 amide bonds. The van der Waals surface area contributed by atoms with Crippen molar-refractivity contribution in [3.8, 4) is 23.8 Å². The molecule has 1 aromatic carbocycles. The minimum atomic E-state index is -0.857. The van der Waals surface area contributed by atoms with E-state index in [0.717, 1.165) is 0 Å². The average Bonchev–Trinajstić information content (AvgIpc) is 3.35. The minimum absolute atomic E-state index is 0.00346. The molecular weight excluding hydrogens is 468 g/mol. The van der Waals surface area contributed by atoms with Crippen molar-refractivity contribution >= 4 is 29.3 Å². The number of furan rings is 1. The van der Waals surface area contributed by atoms with Crippen molar-refractivity contribution in [3.63, 3.8) is 0 Å². The van der Waals surface area contributed by atoms with Gasteiger partial charge in [0.2, 0.25) is 11.7 Å². The quantitative estimate of drug-likeness (QED) is 0.223. The molecule has 1 aliphatic heterocycles. The van der Waals surface area contributed by atoms with Crippen LogP contribution in [0.3, 0.4) is 0 Å². The number of aromatic nitrogens is 1. The van der Waals surface area contributed by atoms with Crippen LogP contribution in [0.25, 0.3) is 0 Å². The molecule has 6 N–H and O–H groups in total. The molecule has 2 aromatic heterocycles. The monoisotopic (exact) mass is 488 g/mol. The van der Waals surface area contributed by atoms with Crippen molar-refractivity contribution in [2.24, 2.45) is 4.99 Å². The molecule has 3 aromatic rings. The number of rotatable bonds is 6. The predicted molar refractivity (Wildman–Crippen MR) is 127 cm³/mol. The van der Waals surface area contributed by atoms with Crippen molar-refractivity contribution in [2.45, 2.75) is 12.6 Å². The maximum Gasteiger partial charge on any atom is 0.373 e. The number of fused-ring (bicyclic) bond motifs is 1. The number of benzene rings is 1. The first-order valence-corrected chi connectivity index (χ1v) is 10.4. The fourth-order valence-electron chi connectivity index (χ4n) is 3.68. The van der Waals surface area contributed by atoms with Crippen LogP contribution in [0.2, 0.25) is 0 Å². The number of pyridine rings is 1. The first kappa shape index (κ1) is 23.7. The van der Waals surface area contributed by atoms with E-state index < -0.39 is 12.0 Å². The van der Waals surface area contributed by atoms with Gasteiger partial charge in [-0.3, -0.25) is 5.32 Å². The van der Waals surface area contributed by atoms with Gasteiger partial charge in [-0.05, 0) is 18.2 Å². The van der Waals surface area contributed by atoms with Crippen LogP contribution < -0.4 is 31.6 Å². The number of nitrogens with two attached hydrogens (primary N) is 2. The Morgan fingerprint density at radius 2 is 2.06 bits per heavy atom. The summed E-state index contributed by atoms with van der Waals surface area (Å²) in [7, 11) is 2.72. The highest BCUT2D eigenvalue weighted by Crippen LogP contribution is 2.45. The highest BCUT2D eigenvalue weighted by molar-refractivity contribution is 5.98. The van der Waals surface area contributed by atoms with E-state index in [1.54, 1.807) is 30.5 Å². The fourth-order valence-corrected chi connectivity index (χ4v) is 3.68. The number of nitrogens with zero attached hydrogens (tertiary/aromatic N) is 4. The maximum atomic E-state index is 11.7. The Hall–Kier alpha value is -5.43. The molecule has 1 unspecified atom stereocenters. The van der Waals surface area contributed by atoms with Crippen LogP contribution in [-0.2, 0) is 11.3 Å². The number of methoxy groups -OCH3 is 2. The number of nitrogens with one attached hydrogen (secondary N) is 2. The van der Waals surface area contributed by atoms with Crippen molar-refractivity contribution in [1.29, 1.82) is 10.5 Å². The number of aliphatic imine (C=N–C) groups is 1. The highest BCUT2D eigenvalue weighted by Gasteiger charge is 2.32. The Morgan fingerprint density at radius 3 is 2.75 bits per heavy atom. The van der Waals surface area contributed by atoms with Gasteiger partial charge in [-0.25, -0.2) is 14.8 Å². The van der Waals surface area contributed by atoms with Crippen LogP contribution in [-0.4, -0.2) is 31.1 Å². The molecule has 182 valence electrons. The summed E-state index contributed by atoms with van der Waals surface area (Å²) in [6.07, 6.45) is 1.80. The Labute approximate surface area is 204 Å². The second-order valence-corrected chi connectivity index (χ2v) is 7.33.